The molecule has 2 aromatic heterocycles. The number of nitrogens with zero attached hydrogens (tertiary/aromatic N) is 4. The van der Waals surface area contributed by atoms with E-state index in [4.69, 9.17) is 9.15 Å². The summed E-state index contributed by atoms with van der Waals surface area (Å²) in [6.45, 7) is 3.18. The van der Waals surface area contributed by atoms with E-state index in [2.05, 4.69) is 4.98 Å². The maximum atomic E-state index is 13.0. The number of carbonyl (C=O) groups is 1. The number of amides is 1. The fourth-order valence-corrected chi connectivity index (χ4v) is 3.95. The van der Waals surface area contributed by atoms with Crippen LogP contribution in [0.5, 0.6) is 0 Å². The van der Waals surface area contributed by atoms with Gasteiger partial charge >= 0.3 is 0 Å². The molecule has 0 unspecified atom stereocenters. The van der Waals surface area contributed by atoms with Gasteiger partial charge in [-0.05, 0) is 6.92 Å². The predicted molar refractivity (Wildman–Crippen MR) is 97.2 cm³/mol. The van der Waals surface area contributed by atoms with Crippen molar-refractivity contribution in [2.75, 3.05) is 46.2 Å². The van der Waals surface area contributed by atoms with E-state index >= 15 is 0 Å². The van der Waals surface area contributed by atoms with Crippen molar-refractivity contribution in [3.05, 3.63) is 28.0 Å². The van der Waals surface area contributed by atoms with Gasteiger partial charge in [0.1, 0.15) is 17.5 Å². The van der Waals surface area contributed by atoms with E-state index in [1.807, 2.05) is 0 Å². The molecule has 0 spiro atoms. The number of furan rings is 1. The summed E-state index contributed by atoms with van der Waals surface area (Å²) in [5.41, 5.74) is -0.0709. The minimum Gasteiger partial charge on any atom is -0.442 e. The number of piperazine rings is 1. The molecule has 0 aliphatic carbocycles. The molecule has 0 radical (unpaired) electrons. The zero-order valence-corrected chi connectivity index (χ0v) is 16.3. The van der Waals surface area contributed by atoms with Gasteiger partial charge in [0.05, 0.1) is 25.0 Å². The van der Waals surface area contributed by atoms with Gasteiger partial charge in [-0.1, -0.05) is 0 Å². The van der Waals surface area contributed by atoms with Crippen LogP contribution in [0.4, 0.5) is 0 Å². The Hall–Kier alpha value is -2.24. The summed E-state index contributed by atoms with van der Waals surface area (Å²) in [6.07, 6.45) is 2.51. The highest BCUT2D eigenvalue weighted by Crippen LogP contribution is 2.23. The SMILES string of the molecule is COCCn1cnc2oc(C)c(C(=O)N3CCN(S(C)(=O)=O)CC3)c2c1=O. The number of methoxy groups -OCH3 is 1. The second-order valence-corrected chi connectivity index (χ2v) is 8.39. The number of hydrogen-bond acceptors (Lipinski definition) is 7. The number of fused-ring (bicyclic) bond motifs is 1. The Morgan fingerprint density at radius 1 is 1.30 bits per heavy atom. The number of sulfonamides is 1. The first-order valence-electron chi connectivity index (χ1n) is 8.46. The van der Waals surface area contributed by atoms with Gasteiger partial charge in [-0.2, -0.15) is 4.31 Å². The minimum absolute atomic E-state index is 0.115. The fraction of sp³-hybridized carbons (Fsp3) is 0.562. The van der Waals surface area contributed by atoms with Gasteiger partial charge in [-0.3, -0.25) is 14.2 Å². The lowest BCUT2D eigenvalue weighted by atomic mass is 10.1. The van der Waals surface area contributed by atoms with Crippen LogP contribution in [0.3, 0.4) is 0 Å². The molecule has 148 valence electrons. The molecule has 2 aromatic rings. The lowest BCUT2D eigenvalue weighted by molar-refractivity contribution is 0.0698. The average Bonchev–Trinajstić information content (AvgIpc) is 2.97. The van der Waals surface area contributed by atoms with Crippen molar-refractivity contribution in [2.45, 2.75) is 13.5 Å². The number of ether oxygens (including phenoxy) is 1. The minimum atomic E-state index is -3.29. The molecule has 10 nitrogen and oxygen atoms in total. The average molecular weight is 398 g/mol. The van der Waals surface area contributed by atoms with Crippen molar-refractivity contribution in [1.29, 1.82) is 0 Å². The zero-order chi connectivity index (χ0) is 19.8. The van der Waals surface area contributed by atoms with Crippen LogP contribution in [-0.4, -0.2) is 79.2 Å². The van der Waals surface area contributed by atoms with Crippen molar-refractivity contribution in [3.63, 3.8) is 0 Å². The van der Waals surface area contributed by atoms with Crippen molar-refractivity contribution >= 4 is 27.0 Å². The number of aryl methyl sites for hydroxylation is 1. The highest BCUT2D eigenvalue weighted by atomic mass is 32.2. The molecular weight excluding hydrogens is 376 g/mol. The van der Waals surface area contributed by atoms with E-state index in [1.165, 1.54) is 27.2 Å². The summed E-state index contributed by atoms with van der Waals surface area (Å²) in [7, 11) is -1.76. The Balaban J connectivity index is 1.93. The second-order valence-electron chi connectivity index (χ2n) is 6.40. The summed E-state index contributed by atoms with van der Waals surface area (Å²) in [5, 5.41) is 0.140. The van der Waals surface area contributed by atoms with Crippen LogP contribution in [0.2, 0.25) is 0 Å². The Labute approximate surface area is 156 Å². The topological polar surface area (TPSA) is 115 Å². The third kappa shape index (κ3) is 3.75. The highest BCUT2D eigenvalue weighted by molar-refractivity contribution is 7.88. The second kappa shape index (κ2) is 7.41. The summed E-state index contributed by atoms with van der Waals surface area (Å²) in [6, 6.07) is 0. The Morgan fingerprint density at radius 3 is 2.56 bits per heavy atom. The van der Waals surface area contributed by atoms with Gasteiger partial charge in [-0.15, -0.1) is 0 Å². The van der Waals surface area contributed by atoms with Crippen LogP contribution >= 0.6 is 0 Å². The Bertz CT molecular complexity index is 1020. The van der Waals surface area contributed by atoms with E-state index in [1.54, 1.807) is 6.92 Å². The Morgan fingerprint density at radius 2 is 1.96 bits per heavy atom. The van der Waals surface area contributed by atoms with Crippen molar-refractivity contribution < 1.29 is 22.4 Å². The fourth-order valence-electron chi connectivity index (χ4n) is 3.12. The lowest BCUT2D eigenvalue weighted by Crippen LogP contribution is -2.50. The van der Waals surface area contributed by atoms with Crippen LogP contribution in [0.1, 0.15) is 16.1 Å². The molecule has 11 heteroatoms. The molecule has 3 heterocycles. The highest BCUT2D eigenvalue weighted by Gasteiger charge is 2.30. The molecule has 27 heavy (non-hydrogen) atoms. The normalized spacial score (nSPS) is 16.2. The lowest BCUT2D eigenvalue weighted by Gasteiger charge is -2.33. The van der Waals surface area contributed by atoms with E-state index in [-0.39, 0.29) is 54.3 Å². The first-order valence-corrected chi connectivity index (χ1v) is 10.3. The standard InChI is InChI=1S/C16H22N4O6S/c1-11-12(15(21)18-4-6-20(7-5-18)27(3,23)24)13-14(26-11)17-10-19(16(13)22)8-9-25-2/h10H,4-9H2,1-3H3. The summed E-state index contributed by atoms with van der Waals surface area (Å²) >= 11 is 0. The van der Waals surface area contributed by atoms with E-state index in [0.29, 0.717) is 18.9 Å². The first-order chi connectivity index (χ1) is 12.7. The molecule has 1 saturated heterocycles. The molecule has 0 saturated carbocycles. The van der Waals surface area contributed by atoms with Gasteiger partial charge < -0.3 is 14.1 Å². The quantitative estimate of drug-likeness (QED) is 0.677. The third-order valence-corrected chi connectivity index (χ3v) is 5.90. The molecule has 1 aliphatic heterocycles. The van der Waals surface area contributed by atoms with Gasteiger partial charge in [-0.25, -0.2) is 13.4 Å². The summed E-state index contributed by atoms with van der Waals surface area (Å²) in [4.78, 5) is 31.5. The molecular formula is C16H22N4O6S. The molecule has 0 atom stereocenters. The third-order valence-electron chi connectivity index (χ3n) is 4.60. The van der Waals surface area contributed by atoms with Crippen molar-refractivity contribution in [3.8, 4) is 0 Å². The molecule has 0 N–H and O–H groups in total. The van der Waals surface area contributed by atoms with E-state index in [9.17, 15) is 18.0 Å². The number of aromatic nitrogens is 2. The van der Waals surface area contributed by atoms with Crippen LogP contribution in [0.15, 0.2) is 15.5 Å². The largest absolute Gasteiger partial charge is 0.442 e. The number of hydrogen-bond donors (Lipinski definition) is 0. The predicted octanol–water partition coefficient (Wildman–Crippen LogP) is -0.338. The summed E-state index contributed by atoms with van der Waals surface area (Å²) < 4.78 is 36.5. The van der Waals surface area contributed by atoms with Gasteiger partial charge in [0.25, 0.3) is 11.5 Å². The van der Waals surface area contributed by atoms with Crippen molar-refractivity contribution in [1.82, 2.24) is 18.8 Å². The monoisotopic (exact) mass is 398 g/mol. The maximum absolute atomic E-state index is 13.0. The van der Waals surface area contributed by atoms with Crippen LogP contribution in [-0.2, 0) is 21.3 Å². The number of carbonyl (C=O) groups excluding carboxylic acids is 1. The smallest absolute Gasteiger partial charge is 0.265 e. The zero-order valence-electron chi connectivity index (χ0n) is 15.5. The molecule has 1 amide bonds. The Kier molecular flexibility index (Phi) is 5.36. The molecule has 1 aliphatic rings. The molecule has 0 bridgehead atoms. The van der Waals surface area contributed by atoms with Crippen LogP contribution in [0.25, 0.3) is 11.1 Å². The van der Waals surface area contributed by atoms with Crippen LogP contribution < -0.4 is 5.56 Å². The molecule has 3 rings (SSSR count). The van der Waals surface area contributed by atoms with Crippen molar-refractivity contribution in [2.24, 2.45) is 0 Å². The molecule has 0 aromatic carbocycles. The first kappa shape index (κ1) is 19.5. The van der Waals surface area contributed by atoms with Gasteiger partial charge in [0.2, 0.25) is 15.7 Å². The number of rotatable bonds is 5. The molecule has 1 fully saturated rings. The van der Waals surface area contributed by atoms with Gasteiger partial charge in [0.15, 0.2) is 0 Å². The summed E-state index contributed by atoms with van der Waals surface area (Å²) in [5.74, 6) is -0.0440. The van der Waals surface area contributed by atoms with E-state index in [0.717, 1.165) is 6.26 Å². The van der Waals surface area contributed by atoms with Gasteiger partial charge in [0, 0.05) is 33.3 Å². The maximum Gasteiger partial charge on any atom is 0.265 e. The van der Waals surface area contributed by atoms with Crippen LogP contribution in [0, 0.1) is 6.92 Å². The van der Waals surface area contributed by atoms with E-state index < -0.39 is 10.0 Å².